The molecule has 2 aliphatic heterocycles. The molecule has 2 fully saturated rings. The van der Waals surface area contributed by atoms with Crippen molar-refractivity contribution in [2.24, 2.45) is 4.99 Å². The van der Waals surface area contributed by atoms with Crippen LogP contribution in [0.4, 0.5) is 8.78 Å². The van der Waals surface area contributed by atoms with Crippen LogP contribution in [0.2, 0.25) is 0 Å². The first-order valence-electron chi connectivity index (χ1n) is 6.17. The zero-order valence-corrected chi connectivity index (χ0v) is 9.96. The van der Waals surface area contributed by atoms with Gasteiger partial charge in [-0.15, -0.1) is 0 Å². The second-order valence-corrected chi connectivity index (χ2v) is 4.47. The fourth-order valence-electron chi connectivity index (χ4n) is 2.45. The molecule has 2 bridgehead atoms. The summed E-state index contributed by atoms with van der Waals surface area (Å²) in [4.78, 5) is 3.85. The molecule has 2 aliphatic rings. The molecule has 2 N–H and O–H groups in total. The lowest BCUT2D eigenvalue weighted by Crippen LogP contribution is -2.47. The zero-order valence-electron chi connectivity index (χ0n) is 9.96. The molecule has 0 aliphatic carbocycles. The van der Waals surface area contributed by atoms with E-state index in [-0.39, 0.29) is 12.1 Å². The second kappa shape index (κ2) is 5.62. The monoisotopic (exact) mass is 247 g/mol. The molecule has 17 heavy (non-hydrogen) atoms. The van der Waals surface area contributed by atoms with Crippen molar-refractivity contribution < 1.29 is 13.5 Å². The highest BCUT2D eigenvalue weighted by molar-refractivity contribution is 5.80. The molecule has 0 spiro atoms. The molecule has 2 rings (SSSR count). The van der Waals surface area contributed by atoms with Crippen molar-refractivity contribution in [3.8, 4) is 0 Å². The Morgan fingerprint density at radius 1 is 1.47 bits per heavy atom. The minimum absolute atomic E-state index is 0.212. The molecule has 2 saturated heterocycles. The van der Waals surface area contributed by atoms with Crippen molar-refractivity contribution in [1.29, 1.82) is 0 Å². The van der Waals surface area contributed by atoms with Crippen LogP contribution in [0.5, 0.6) is 0 Å². The number of ether oxygens (including phenoxy) is 1. The van der Waals surface area contributed by atoms with Crippen LogP contribution in [-0.4, -0.2) is 43.7 Å². The maximum Gasteiger partial charge on any atom is 0.257 e. The van der Waals surface area contributed by atoms with Gasteiger partial charge in [0.2, 0.25) is 0 Å². The minimum Gasteiger partial charge on any atom is -0.373 e. The van der Waals surface area contributed by atoms with Crippen LogP contribution in [0.15, 0.2) is 4.99 Å². The topological polar surface area (TPSA) is 45.7 Å². The Labute approximate surface area is 99.8 Å². The molecule has 0 amide bonds. The van der Waals surface area contributed by atoms with Crippen molar-refractivity contribution >= 4 is 5.96 Å². The van der Waals surface area contributed by atoms with E-state index in [0.29, 0.717) is 18.6 Å². The van der Waals surface area contributed by atoms with Gasteiger partial charge in [0.25, 0.3) is 6.43 Å². The summed E-state index contributed by atoms with van der Waals surface area (Å²) in [6.07, 6.45) is 1.28. The lowest BCUT2D eigenvalue weighted by Gasteiger charge is -2.22. The third kappa shape index (κ3) is 3.28. The van der Waals surface area contributed by atoms with E-state index < -0.39 is 13.0 Å². The number of nitrogens with one attached hydrogen (secondary N) is 2. The maximum absolute atomic E-state index is 12.1. The molecule has 0 aromatic heterocycles. The fraction of sp³-hybridized carbons (Fsp3) is 0.909. The number of guanidine groups is 1. The summed E-state index contributed by atoms with van der Waals surface area (Å²) in [6, 6.07) is 0.212. The predicted octanol–water partition coefficient (Wildman–Crippen LogP) is 1.13. The predicted molar refractivity (Wildman–Crippen MR) is 61.4 cm³/mol. The van der Waals surface area contributed by atoms with E-state index in [1.807, 2.05) is 6.92 Å². The first kappa shape index (κ1) is 12.5. The molecular weight excluding hydrogens is 228 g/mol. The maximum atomic E-state index is 12.1. The van der Waals surface area contributed by atoms with E-state index >= 15 is 0 Å². The lowest BCUT2D eigenvalue weighted by molar-refractivity contribution is 0.0992. The van der Waals surface area contributed by atoms with Crippen LogP contribution >= 0.6 is 0 Å². The van der Waals surface area contributed by atoms with Gasteiger partial charge in [0, 0.05) is 6.54 Å². The Balaban J connectivity index is 1.86. The molecule has 4 nitrogen and oxygen atoms in total. The lowest BCUT2D eigenvalue weighted by atomic mass is 9.96. The smallest absolute Gasteiger partial charge is 0.257 e. The van der Waals surface area contributed by atoms with E-state index in [1.165, 1.54) is 0 Å². The summed E-state index contributed by atoms with van der Waals surface area (Å²) in [6.45, 7) is 2.12. The van der Waals surface area contributed by atoms with Crippen LogP contribution in [0, 0.1) is 0 Å². The Morgan fingerprint density at radius 2 is 2.29 bits per heavy atom. The van der Waals surface area contributed by atoms with Crippen molar-refractivity contribution in [2.75, 3.05) is 13.1 Å². The Kier molecular flexibility index (Phi) is 4.15. The van der Waals surface area contributed by atoms with Crippen LogP contribution in [0.1, 0.15) is 26.2 Å². The molecule has 3 unspecified atom stereocenters. The molecule has 0 aromatic rings. The molecule has 3 atom stereocenters. The molecule has 0 saturated carbocycles. The minimum atomic E-state index is -2.40. The van der Waals surface area contributed by atoms with E-state index in [9.17, 15) is 8.78 Å². The summed E-state index contributed by atoms with van der Waals surface area (Å²) in [5.41, 5.74) is 0. The number of fused-ring (bicyclic) bond motifs is 2. The van der Waals surface area contributed by atoms with Gasteiger partial charge in [-0.05, 0) is 26.2 Å². The number of hydrogen-bond donors (Lipinski definition) is 2. The number of hydrogen-bond acceptors (Lipinski definition) is 2. The third-order valence-electron chi connectivity index (χ3n) is 3.16. The van der Waals surface area contributed by atoms with E-state index in [4.69, 9.17) is 4.74 Å². The first-order chi connectivity index (χ1) is 8.19. The number of rotatable bonds is 4. The summed E-state index contributed by atoms with van der Waals surface area (Å²) < 4.78 is 29.9. The Bertz CT molecular complexity index is 286. The third-order valence-corrected chi connectivity index (χ3v) is 3.16. The van der Waals surface area contributed by atoms with E-state index in [1.54, 1.807) is 0 Å². The highest BCUT2D eigenvalue weighted by atomic mass is 19.3. The summed E-state index contributed by atoms with van der Waals surface area (Å²) in [5, 5.41) is 6.16. The number of alkyl halides is 2. The van der Waals surface area contributed by atoms with Gasteiger partial charge in [0.05, 0.1) is 18.2 Å². The molecule has 0 aromatic carbocycles. The largest absolute Gasteiger partial charge is 0.373 e. The zero-order chi connectivity index (χ0) is 12.3. The van der Waals surface area contributed by atoms with Crippen molar-refractivity contribution in [1.82, 2.24) is 10.6 Å². The van der Waals surface area contributed by atoms with Gasteiger partial charge in [-0.1, -0.05) is 0 Å². The van der Waals surface area contributed by atoms with Gasteiger partial charge in [0.1, 0.15) is 6.54 Å². The molecule has 2 heterocycles. The van der Waals surface area contributed by atoms with Crippen molar-refractivity contribution in [3.05, 3.63) is 0 Å². The number of nitrogens with zero attached hydrogens (tertiary/aromatic N) is 1. The molecule has 6 heteroatoms. The van der Waals surface area contributed by atoms with Crippen molar-refractivity contribution in [3.63, 3.8) is 0 Å². The summed E-state index contributed by atoms with van der Waals surface area (Å²) in [5.74, 6) is 0.467. The SMILES string of the molecule is CCNC(=NCC(F)F)NC1CC2CCC1O2. The highest BCUT2D eigenvalue weighted by Crippen LogP contribution is 2.34. The van der Waals surface area contributed by atoms with Crippen LogP contribution in [0.25, 0.3) is 0 Å². The van der Waals surface area contributed by atoms with E-state index in [0.717, 1.165) is 19.3 Å². The molecule has 98 valence electrons. The molecular formula is C11H19F2N3O. The van der Waals surface area contributed by atoms with Gasteiger partial charge in [-0.3, -0.25) is 0 Å². The van der Waals surface area contributed by atoms with Gasteiger partial charge in [0.15, 0.2) is 5.96 Å². The van der Waals surface area contributed by atoms with Gasteiger partial charge in [-0.25, -0.2) is 13.8 Å². The fourth-order valence-corrected chi connectivity index (χ4v) is 2.45. The van der Waals surface area contributed by atoms with Crippen LogP contribution in [0.3, 0.4) is 0 Å². The van der Waals surface area contributed by atoms with Gasteiger partial charge < -0.3 is 15.4 Å². The van der Waals surface area contributed by atoms with E-state index in [2.05, 4.69) is 15.6 Å². The van der Waals surface area contributed by atoms with Crippen LogP contribution in [-0.2, 0) is 4.74 Å². The quantitative estimate of drug-likeness (QED) is 0.578. The van der Waals surface area contributed by atoms with Gasteiger partial charge in [-0.2, -0.15) is 0 Å². The standard InChI is InChI=1S/C11H19F2N3O/c1-2-14-11(15-6-10(12)13)16-8-5-7-3-4-9(8)17-7/h7-10H,2-6H2,1H3,(H2,14,15,16). The summed E-state index contributed by atoms with van der Waals surface area (Å²) >= 11 is 0. The van der Waals surface area contributed by atoms with Crippen molar-refractivity contribution in [2.45, 2.75) is 50.9 Å². The number of aliphatic imine (C=N–C) groups is 1. The Morgan fingerprint density at radius 3 is 2.82 bits per heavy atom. The average molecular weight is 247 g/mol. The van der Waals surface area contributed by atoms with Gasteiger partial charge >= 0.3 is 0 Å². The number of halogens is 2. The summed E-state index contributed by atoms with van der Waals surface area (Å²) in [7, 11) is 0. The second-order valence-electron chi connectivity index (χ2n) is 4.47. The first-order valence-corrected chi connectivity index (χ1v) is 6.17. The Hall–Kier alpha value is -0.910. The molecule has 0 radical (unpaired) electrons. The highest BCUT2D eigenvalue weighted by Gasteiger charge is 2.41. The average Bonchev–Trinajstić information content (AvgIpc) is 2.88. The van der Waals surface area contributed by atoms with Crippen LogP contribution < -0.4 is 10.6 Å². The normalized spacial score (nSPS) is 32.2.